The van der Waals surface area contributed by atoms with E-state index < -0.39 is 0 Å². The first-order valence-electron chi connectivity index (χ1n) is 10.2. The average molecular weight is 408 g/mol. The van der Waals surface area contributed by atoms with E-state index in [-0.39, 0.29) is 24.2 Å². The first kappa shape index (κ1) is 20.9. The van der Waals surface area contributed by atoms with Crippen molar-refractivity contribution in [3.63, 3.8) is 0 Å². The number of nitrogens with zero attached hydrogens (tertiary/aromatic N) is 2. The standard InChI is InChI=1S/C21H29N3O3.ClH/c25-20(8-11-27-19-4-2-1-3-5-19)23-9-6-16(7-10-23)21(26)24-14-17-12-22-13-18(17)15-24;/h1-5,16-18,22H,6-15H2;1H/t17-,18+;. The second-order valence-electron chi connectivity index (χ2n) is 7.99. The summed E-state index contributed by atoms with van der Waals surface area (Å²) in [6.45, 7) is 5.68. The zero-order valence-electron chi connectivity index (χ0n) is 16.2. The van der Waals surface area contributed by atoms with Crippen molar-refractivity contribution in [1.82, 2.24) is 15.1 Å². The number of para-hydroxylation sites is 1. The van der Waals surface area contributed by atoms with Crippen molar-refractivity contribution >= 4 is 24.2 Å². The number of likely N-dealkylation sites (tertiary alicyclic amines) is 2. The quantitative estimate of drug-likeness (QED) is 0.808. The maximum atomic E-state index is 12.8. The third-order valence-electron chi connectivity index (χ3n) is 6.23. The third kappa shape index (κ3) is 4.78. The maximum Gasteiger partial charge on any atom is 0.225 e. The molecule has 1 aromatic carbocycles. The largest absolute Gasteiger partial charge is 0.493 e. The molecule has 0 radical (unpaired) electrons. The van der Waals surface area contributed by atoms with Crippen molar-refractivity contribution in [2.24, 2.45) is 17.8 Å². The molecule has 0 spiro atoms. The molecule has 0 aliphatic carbocycles. The molecular formula is C21H30ClN3O3. The molecule has 3 heterocycles. The number of hydrogen-bond donors (Lipinski definition) is 1. The molecule has 0 unspecified atom stereocenters. The van der Waals surface area contributed by atoms with Crippen LogP contribution in [0, 0.1) is 17.8 Å². The van der Waals surface area contributed by atoms with E-state index in [1.807, 2.05) is 35.2 Å². The van der Waals surface area contributed by atoms with Crippen LogP contribution in [-0.4, -0.2) is 67.5 Å². The number of carbonyl (C=O) groups excluding carboxylic acids is 2. The van der Waals surface area contributed by atoms with E-state index in [2.05, 4.69) is 10.2 Å². The summed E-state index contributed by atoms with van der Waals surface area (Å²) in [6, 6.07) is 9.56. The lowest BCUT2D eigenvalue weighted by molar-refractivity contribution is -0.140. The fourth-order valence-electron chi connectivity index (χ4n) is 4.60. The molecule has 4 rings (SSSR count). The summed E-state index contributed by atoms with van der Waals surface area (Å²) in [5.74, 6) is 2.59. The number of fused-ring (bicyclic) bond motifs is 1. The molecule has 154 valence electrons. The highest BCUT2D eigenvalue weighted by Crippen LogP contribution is 2.29. The molecule has 3 saturated heterocycles. The van der Waals surface area contributed by atoms with E-state index in [4.69, 9.17) is 4.74 Å². The third-order valence-corrected chi connectivity index (χ3v) is 6.23. The molecule has 0 saturated carbocycles. The van der Waals surface area contributed by atoms with E-state index in [0.29, 0.717) is 43.9 Å². The van der Waals surface area contributed by atoms with Gasteiger partial charge in [-0.2, -0.15) is 0 Å². The van der Waals surface area contributed by atoms with Crippen molar-refractivity contribution in [2.45, 2.75) is 19.3 Å². The number of amides is 2. The van der Waals surface area contributed by atoms with Crippen molar-refractivity contribution in [1.29, 1.82) is 0 Å². The zero-order valence-corrected chi connectivity index (χ0v) is 17.0. The molecule has 0 bridgehead atoms. The second-order valence-corrected chi connectivity index (χ2v) is 7.99. The van der Waals surface area contributed by atoms with Crippen molar-refractivity contribution in [3.8, 4) is 5.75 Å². The molecular weight excluding hydrogens is 378 g/mol. The van der Waals surface area contributed by atoms with Crippen LogP contribution in [-0.2, 0) is 9.59 Å². The molecule has 3 aliphatic heterocycles. The number of nitrogens with one attached hydrogen (secondary N) is 1. The van der Waals surface area contributed by atoms with Crippen LogP contribution in [0.3, 0.4) is 0 Å². The first-order chi connectivity index (χ1) is 13.2. The van der Waals surface area contributed by atoms with Gasteiger partial charge in [-0.1, -0.05) is 18.2 Å². The van der Waals surface area contributed by atoms with Crippen LogP contribution in [0.2, 0.25) is 0 Å². The topological polar surface area (TPSA) is 61.9 Å². The Bertz CT molecular complexity index is 652. The molecule has 1 N–H and O–H groups in total. The van der Waals surface area contributed by atoms with Crippen LogP contribution in [0.4, 0.5) is 0 Å². The minimum Gasteiger partial charge on any atom is -0.493 e. The Labute approximate surface area is 173 Å². The van der Waals surface area contributed by atoms with Gasteiger partial charge in [0.2, 0.25) is 11.8 Å². The first-order valence-corrected chi connectivity index (χ1v) is 10.2. The number of hydrogen-bond acceptors (Lipinski definition) is 4. The van der Waals surface area contributed by atoms with Gasteiger partial charge < -0.3 is 19.9 Å². The van der Waals surface area contributed by atoms with Crippen LogP contribution in [0.1, 0.15) is 19.3 Å². The Morgan fingerprint density at radius 1 is 1.00 bits per heavy atom. The number of ether oxygens (including phenoxy) is 1. The van der Waals surface area contributed by atoms with Gasteiger partial charge in [0.15, 0.2) is 0 Å². The number of benzene rings is 1. The lowest BCUT2D eigenvalue weighted by Crippen LogP contribution is -2.44. The molecule has 1 aromatic rings. The number of piperidine rings is 1. The van der Waals surface area contributed by atoms with Crippen molar-refractivity contribution in [2.75, 3.05) is 45.9 Å². The van der Waals surface area contributed by atoms with Crippen LogP contribution >= 0.6 is 12.4 Å². The highest BCUT2D eigenvalue weighted by atomic mass is 35.5. The van der Waals surface area contributed by atoms with Crippen LogP contribution in [0.5, 0.6) is 5.75 Å². The molecule has 2 atom stereocenters. The highest BCUT2D eigenvalue weighted by molar-refractivity contribution is 5.85. The normalized spacial score (nSPS) is 24.6. The summed E-state index contributed by atoms with van der Waals surface area (Å²) in [7, 11) is 0. The molecule has 3 aliphatic rings. The minimum atomic E-state index is 0. The molecule has 3 fully saturated rings. The van der Waals surface area contributed by atoms with Gasteiger partial charge in [0.05, 0.1) is 13.0 Å². The second kappa shape index (κ2) is 9.61. The van der Waals surface area contributed by atoms with Gasteiger partial charge in [-0.25, -0.2) is 0 Å². The van der Waals surface area contributed by atoms with Crippen molar-refractivity contribution in [3.05, 3.63) is 30.3 Å². The predicted molar refractivity (Wildman–Crippen MR) is 110 cm³/mol. The van der Waals surface area contributed by atoms with E-state index in [1.54, 1.807) is 0 Å². The monoisotopic (exact) mass is 407 g/mol. The van der Waals surface area contributed by atoms with E-state index in [1.165, 1.54) is 0 Å². The van der Waals surface area contributed by atoms with E-state index in [0.717, 1.165) is 44.8 Å². The fourth-order valence-corrected chi connectivity index (χ4v) is 4.60. The molecule has 2 amide bonds. The van der Waals surface area contributed by atoms with Crippen LogP contribution in [0.25, 0.3) is 0 Å². The van der Waals surface area contributed by atoms with Gasteiger partial charge in [-0.05, 0) is 36.8 Å². The molecule has 0 aromatic heterocycles. The maximum absolute atomic E-state index is 12.8. The van der Waals surface area contributed by atoms with Gasteiger partial charge in [0, 0.05) is 45.2 Å². The lowest BCUT2D eigenvalue weighted by atomic mass is 9.95. The molecule has 6 nitrogen and oxygen atoms in total. The summed E-state index contributed by atoms with van der Waals surface area (Å²) in [5, 5.41) is 3.42. The zero-order chi connectivity index (χ0) is 18.6. The Morgan fingerprint density at radius 2 is 1.64 bits per heavy atom. The summed E-state index contributed by atoms with van der Waals surface area (Å²) in [6.07, 6.45) is 1.96. The lowest BCUT2D eigenvalue weighted by Gasteiger charge is -2.33. The SMILES string of the molecule is Cl.O=C(CCOc1ccccc1)N1CCC(C(=O)N2C[C@H]3CNC[C@H]3C2)CC1. The highest BCUT2D eigenvalue weighted by Gasteiger charge is 2.40. The smallest absolute Gasteiger partial charge is 0.225 e. The fraction of sp³-hybridized carbons (Fsp3) is 0.619. The summed E-state index contributed by atoms with van der Waals surface area (Å²) >= 11 is 0. The van der Waals surface area contributed by atoms with Gasteiger partial charge in [-0.15, -0.1) is 12.4 Å². The van der Waals surface area contributed by atoms with Gasteiger partial charge in [0.1, 0.15) is 5.75 Å². The summed E-state index contributed by atoms with van der Waals surface area (Å²) < 4.78 is 5.62. The number of halogens is 1. The summed E-state index contributed by atoms with van der Waals surface area (Å²) in [5.41, 5.74) is 0. The molecule has 7 heteroatoms. The van der Waals surface area contributed by atoms with Gasteiger partial charge in [-0.3, -0.25) is 9.59 Å². The van der Waals surface area contributed by atoms with E-state index >= 15 is 0 Å². The van der Waals surface area contributed by atoms with Gasteiger partial charge in [0.25, 0.3) is 0 Å². The Morgan fingerprint density at radius 3 is 2.29 bits per heavy atom. The summed E-state index contributed by atoms with van der Waals surface area (Å²) in [4.78, 5) is 29.2. The number of rotatable bonds is 5. The molecule has 28 heavy (non-hydrogen) atoms. The Kier molecular flexibility index (Phi) is 7.18. The van der Waals surface area contributed by atoms with Crippen molar-refractivity contribution < 1.29 is 14.3 Å². The van der Waals surface area contributed by atoms with Gasteiger partial charge >= 0.3 is 0 Å². The minimum absolute atomic E-state index is 0. The van der Waals surface area contributed by atoms with E-state index in [9.17, 15) is 9.59 Å². The predicted octanol–water partition coefficient (Wildman–Crippen LogP) is 1.79. The Hall–Kier alpha value is -1.79. The average Bonchev–Trinajstić information content (AvgIpc) is 3.30. The number of carbonyl (C=O) groups is 2. The Balaban J connectivity index is 0.00000225. The van der Waals surface area contributed by atoms with Crippen LogP contribution in [0.15, 0.2) is 30.3 Å². The van der Waals surface area contributed by atoms with Crippen LogP contribution < -0.4 is 10.1 Å².